The van der Waals surface area contributed by atoms with Crippen LogP contribution in [0.1, 0.15) is 27.3 Å². The summed E-state index contributed by atoms with van der Waals surface area (Å²) in [6.45, 7) is 4.25. The summed E-state index contributed by atoms with van der Waals surface area (Å²) < 4.78 is 3.84. The second kappa shape index (κ2) is 8.56. The number of aromatic nitrogens is 4. The maximum Gasteiger partial charge on any atom is 0.259 e. The summed E-state index contributed by atoms with van der Waals surface area (Å²) in [7, 11) is 0. The predicted molar refractivity (Wildman–Crippen MR) is 131 cm³/mol. The SMILES string of the molecule is Cc1nn(Cc2ccccc2Cl)c(C)c1C(=O)Nc1ccc(-n2cnc3ccccc32)cc1. The van der Waals surface area contributed by atoms with Crippen LogP contribution >= 0.6 is 11.6 Å². The largest absolute Gasteiger partial charge is 0.322 e. The smallest absolute Gasteiger partial charge is 0.259 e. The molecule has 2 aromatic heterocycles. The predicted octanol–water partition coefficient (Wildman–Crippen LogP) is 5.79. The molecule has 7 heteroatoms. The zero-order valence-corrected chi connectivity index (χ0v) is 19.0. The molecule has 0 aliphatic heterocycles. The van der Waals surface area contributed by atoms with E-state index in [9.17, 15) is 4.79 Å². The van der Waals surface area contributed by atoms with E-state index in [-0.39, 0.29) is 5.91 Å². The zero-order valence-electron chi connectivity index (χ0n) is 18.3. The van der Waals surface area contributed by atoms with Crippen molar-refractivity contribution in [3.63, 3.8) is 0 Å². The number of nitrogens with zero attached hydrogens (tertiary/aromatic N) is 4. The first kappa shape index (κ1) is 21.0. The highest BCUT2D eigenvalue weighted by molar-refractivity contribution is 6.31. The Morgan fingerprint density at radius 3 is 2.48 bits per heavy atom. The van der Waals surface area contributed by atoms with Crippen LogP contribution in [0.25, 0.3) is 16.7 Å². The van der Waals surface area contributed by atoms with Crippen LogP contribution in [0.3, 0.4) is 0 Å². The number of amides is 1. The number of hydrogen-bond donors (Lipinski definition) is 1. The van der Waals surface area contributed by atoms with Gasteiger partial charge in [0, 0.05) is 22.1 Å². The molecule has 0 saturated carbocycles. The van der Waals surface area contributed by atoms with Crippen LogP contribution in [-0.4, -0.2) is 25.2 Å². The minimum absolute atomic E-state index is 0.184. The van der Waals surface area contributed by atoms with Crippen LogP contribution in [0.2, 0.25) is 5.02 Å². The van der Waals surface area contributed by atoms with Gasteiger partial charge in [0.15, 0.2) is 0 Å². The van der Waals surface area contributed by atoms with Gasteiger partial charge in [-0.25, -0.2) is 4.98 Å². The van der Waals surface area contributed by atoms with E-state index in [2.05, 4.69) is 15.4 Å². The molecule has 5 aromatic rings. The van der Waals surface area contributed by atoms with Crippen LogP contribution in [0.4, 0.5) is 5.69 Å². The Kier molecular flexibility index (Phi) is 5.44. The Bertz CT molecular complexity index is 1470. The first-order chi connectivity index (χ1) is 16.0. The molecule has 0 unspecified atom stereocenters. The molecule has 0 saturated heterocycles. The third-order valence-electron chi connectivity index (χ3n) is 5.74. The topological polar surface area (TPSA) is 64.7 Å². The van der Waals surface area contributed by atoms with Gasteiger partial charge in [-0.15, -0.1) is 0 Å². The van der Waals surface area contributed by atoms with Crippen LogP contribution < -0.4 is 5.32 Å². The molecule has 0 fully saturated rings. The quantitative estimate of drug-likeness (QED) is 0.364. The second-order valence-electron chi connectivity index (χ2n) is 7.90. The molecule has 33 heavy (non-hydrogen) atoms. The molecule has 6 nitrogen and oxygen atoms in total. The maximum absolute atomic E-state index is 13.1. The number of carbonyl (C=O) groups is 1. The van der Waals surface area contributed by atoms with Crippen LogP contribution in [0, 0.1) is 13.8 Å². The number of rotatable bonds is 5. The molecule has 0 radical (unpaired) electrons. The first-order valence-electron chi connectivity index (χ1n) is 10.6. The summed E-state index contributed by atoms with van der Waals surface area (Å²) >= 11 is 6.30. The van der Waals surface area contributed by atoms with Gasteiger partial charge in [-0.2, -0.15) is 5.10 Å². The Labute approximate surface area is 196 Å². The summed E-state index contributed by atoms with van der Waals surface area (Å²) in [4.78, 5) is 17.5. The normalized spacial score (nSPS) is 11.1. The van der Waals surface area contributed by atoms with Crippen molar-refractivity contribution < 1.29 is 4.79 Å². The van der Waals surface area contributed by atoms with E-state index in [1.54, 1.807) is 6.33 Å². The molecule has 5 rings (SSSR count). The molecule has 0 aliphatic carbocycles. The highest BCUT2D eigenvalue weighted by atomic mass is 35.5. The average Bonchev–Trinajstić information content (AvgIpc) is 3.36. The van der Waals surface area contributed by atoms with E-state index in [1.165, 1.54) is 0 Å². The van der Waals surface area contributed by atoms with E-state index in [1.807, 2.05) is 95.9 Å². The van der Waals surface area contributed by atoms with Gasteiger partial charge >= 0.3 is 0 Å². The number of aryl methyl sites for hydroxylation is 1. The fourth-order valence-electron chi connectivity index (χ4n) is 4.03. The minimum atomic E-state index is -0.184. The lowest BCUT2D eigenvalue weighted by molar-refractivity contribution is 0.102. The van der Waals surface area contributed by atoms with E-state index >= 15 is 0 Å². The van der Waals surface area contributed by atoms with Gasteiger partial charge in [-0.1, -0.05) is 41.9 Å². The molecular weight excluding hydrogens is 434 g/mol. The maximum atomic E-state index is 13.1. The zero-order chi connectivity index (χ0) is 22.9. The fraction of sp³-hybridized carbons (Fsp3) is 0.115. The number of carbonyl (C=O) groups excluding carboxylic acids is 1. The number of nitrogens with one attached hydrogen (secondary N) is 1. The van der Waals surface area contributed by atoms with E-state index in [0.29, 0.717) is 28.5 Å². The number of hydrogen-bond acceptors (Lipinski definition) is 3. The van der Waals surface area contributed by atoms with Gasteiger partial charge in [0.05, 0.1) is 28.8 Å². The lowest BCUT2D eigenvalue weighted by atomic mass is 10.1. The summed E-state index contributed by atoms with van der Waals surface area (Å²) in [5, 5.41) is 8.25. The van der Waals surface area contributed by atoms with Crippen molar-refractivity contribution in [2.45, 2.75) is 20.4 Å². The van der Waals surface area contributed by atoms with Crippen molar-refractivity contribution in [1.29, 1.82) is 0 Å². The van der Waals surface area contributed by atoms with E-state index in [4.69, 9.17) is 11.6 Å². The minimum Gasteiger partial charge on any atom is -0.322 e. The van der Waals surface area contributed by atoms with Crippen molar-refractivity contribution in [1.82, 2.24) is 19.3 Å². The molecule has 0 atom stereocenters. The van der Waals surface area contributed by atoms with Crippen molar-refractivity contribution in [2.24, 2.45) is 0 Å². The van der Waals surface area contributed by atoms with Crippen molar-refractivity contribution in [2.75, 3.05) is 5.32 Å². The third-order valence-corrected chi connectivity index (χ3v) is 6.11. The number of fused-ring (bicyclic) bond motifs is 1. The monoisotopic (exact) mass is 455 g/mol. The number of imidazole rings is 1. The summed E-state index contributed by atoms with van der Waals surface area (Å²) in [6.07, 6.45) is 1.80. The number of halogens is 1. The molecule has 0 bridgehead atoms. The van der Waals surface area contributed by atoms with E-state index < -0.39 is 0 Å². The van der Waals surface area contributed by atoms with Gasteiger partial charge in [0.1, 0.15) is 6.33 Å². The number of benzene rings is 3. The van der Waals surface area contributed by atoms with Gasteiger partial charge < -0.3 is 5.32 Å². The fourth-order valence-corrected chi connectivity index (χ4v) is 4.23. The highest BCUT2D eigenvalue weighted by Gasteiger charge is 2.19. The standard InChI is InChI=1S/C26H22ClN5O/c1-17-25(18(2)32(30-17)15-19-7-3-4-8-22(19)27)26(33)29-20-11-13-21(14-12-20)31-16-28-23-9-5-6-10-24(23)31/h3-14,16H,15H2,1-2H3,(H,29,33). The number of anilines is 1. The second-order valence-corrected chi connectivity index (χ2v) is 8.31. The average molecular weight is 456 g/mol. The van der Waals surface area contributed by atoms with Gasteiger partial charge in [0.2, 0.25) is 0 Å². The Balaban J connectivity index is 1.36. The van der Waals surface area contributed by atoms with Gasteiger partial charge in [-0.3, -0.25) is 14.0 Å². The van der Waals surface area contributed by atoms with Crippen molar-refractivity contribution in [3.05, 3.63) is 107 Å². The Morgan fingerprint density at radius 1 is 0.970 bits per heavy atom. The molecule has 164 valence electrons. The van der Waals surface area contributed by atoms with Gasteiger partial charge in [0.25, 0.3) is 5.91 Å². The lowest BCUT2D eigenvalue weighted by Gasteiger charge is -2.09. The van der Waals surface area contributed by atoms with Crippen molar-refractivity contribution in [3.8, 4) is 5.69 Å². The van der Waals surface area contributed by atoms with Gasteiger partial charge in [-0.05, 0) is 61.9 Å². The summed E-state index contributed by atoms with van der Waals surface area (Å²) in [5.41, 5.74) is 6.67. The molecule has 1 amide bonds. The molecular formula is C26H22ClN5O. The summed E-state index contributed by atoms with van der Waals surface area (Å²) in [6, 6.07) is 23.3. The number of para-hydroxylation sites is 2. The molecule has 1 N–H and O–H groups in total. The Morgan fingerprint density at radius 2 is 1.70 bits per heavy atom. The molecule has 0 spiro atoms. The summed E-state index contributed by atoms with van der Waals surface area (Å²) in [5.74, 6) is -0.184. The molecule has 3 aromatic carbocycles. The van der Waals surface area contributed by atoms with Crippen molar-refractivity contribution >= 4 is 34.2 Å². The van der Waals surface area contributed by atoms with Crippen LogP contribution in [0.15, 0.2) is 79.1 Å². The molecule has 0 aliphatic rings. The van der Waals surface area contributed by atoms with Crippen LogP contribution in [-0.2, 0) is 6.54 Å². The first-order valence-corrected chi connectivity index (χ1v) is 11.0. The highest BCUT2D eigenvalue weighted by Crippen LogP contribution is 2.22. The third kappa shape index (κ3) is 4.01. The van der Waals surface area contributed by atoms with E-state index in [0.717, 1.165) is 28.0 Å². The Hall–Kier alpha value is -3.90. The molecule has 2 heterocycles. The lowest BCUT2D eigenvalue weighted by Crippen LogP contribution is -2.14. The van der Waals surface area contributed by atoms with Crippen LogP contribution in [0.5, 0.6) is 0 Å².